The Bertz CT molecular complexity index is 673. The van der Waals surface area contributed by atoms with Gasteiger partial charge < -0.3 is 10.0 Å². The van der Waals surface area contributed by atoms with Gasteiger partial charge in [0.05, 0.1) is 5.56 Å². The number of amides is 1. The van der Waals surface area contributed by atoms with E-state index in [9.17, 15) is 9.59 Å². The first-order valence-corrected chi connectivity index (χ1v) is 6.44. The minimum Gasteiger partial charge on any atom is -0.477 e. The summed E-state index contributed by atoms with van der Waals surface area (Å²) in [5.41, 5.74) is 3.20. The molecule has 0 saturated carbocycles. The topological polar surface area (TPSA) is 70.5 Å². The highest BCUT2D eigenvalue weighted by atomic mass is 16.4. The molecular formula is C16H16N2O3. The summed E-state index contributed by atoms with van der Waals surface area (Å²) in [7, 11) is 1.68. The first kappa shape index (κ1) is 14.7. The first-order valence-electron chi connectivity index (χ1n) is 6.44. The lowest BCUT2D eigenvalue weighted by Gasteiger charge is -2.18. The highest BCUT2D eigenvalue weighted by molar-refractivity contribution is 6.05. The second-order valence-electron chi connectivity index (χ2n) is 4.95. The number of aromatic nitrogens is 1. The summed E-state index contributed by atoms with van der Waals surface area (Å²) in [4.78, 5) is 28.4. The minimum absolute atomic E-state index is 0.0828. The molecule has 0 spiro atoms. The number of hydrogen-bond donors (Lipinski definition) is 1. The number of aryl methyl sites for hydroxylation is 2. The van der Waals surface area contributed by atoms with E-state index in [0.29, 0.717) is 5.56 Å². The molecule has 0 bridgehead atoms. The van der Waals surface area contributed by atoms with Crippen molar-refractivity contribution in [2.24, 2.45) is 0 Å². The zero-order valence-electron chi connectivity index (χ0n) is 12.1. The van der Waals surface area contributed by atoms with Crippen LogP contribution in [0.4, 0.5) is 5.69 Å². The van der Waals surface area contributed by atoms with Gasteiger partial charge in [0.15, 0.2) is 0 Å². The van der Waals surface area contributed by atoms with Crippen LogP contribution in [0, 0.1) is 13.8 Å². The average molecular weight is 284 g/mol. The van der Waals surface area contributed by atoms with Gasteiger partial charge in [0.1, 0.15) is 5.69 Å². The maximum Gasteiger partial charge on any atom is 0.354 e. The molecule has 1 aromatic carbocycles. The van der Waals surface area contributed by atoms with Gasteiger partial charge in [-0.25, -0.2) is 9.78 Å². The summed E-state index contributed by atoms with van der Waals surface area (Å²) in [6.45, 7) is 3.94. The lowest BCUT2D eigenvalue weighted by molar-refractivity contribution is 0.0690. The molecule has 0 saturated heterocycles. The van der Waals surface area contributed by atoms with Crippen LogP contribution in [0.5, 0.6) is 0 Å². The first-order chi connectivity index (χ1) is 9.88. The van der Waals surface area contributed by atoms with Crippen molar-refractivity contribution in [2.45, 2.75) is 13.8 Å². The Morgan fingerprint density at radius 2 is 1.71 bits per heavy atom. The van der Waals surface area contributed by atoms with E-state index >= 15 is 0 Å². The lowest BCUT2D eigenvalue weighted by atomic mass is 10.1. The third-order valence-corrected chi connectivity index (χ3v) is 3.13. The highest BCUT2D eigenvalue weighted by Crippen LogP contribution is 2.19. The van der Waals surface area contributed by atoms with Crippen LogP contribution < -0.4 is 4.90 Å². The predicted molar refractivity (Wildman–Crippen MR) is 79.8 cm³/mol. The monoisotopic (exact) mass is 284 g/mol. The van der Waals surface area contributed by atoms with Crippen LogP contribution in [-0.4, -0.2) is 29.0 Å². The second kappa shape index (κ2) is 5.75. The van der Waals surface area contributed by atoms with Crippen molar-refractivity contribution in [1.82, 2.24) is 4.98 Å². The standard InChI is InChI=1S/C16H16N2O3/c1-10-6-11(2)8-13(7-10)18(3)15(19)12-4-5-14(16(20)21)17-9-12/h4-9H,1-3H3,(H,20,21). The molecule has 0 aliphatic carbocycles. The van der Waals surface area contributed by atoms with E-state index in [-0.39, 0.29) is 11.6 Å². The number of carboxylic acid groups (broad SMARTS) is 1. The molecule has 21 heavy (non-hydrogen) atoms. The van der Waals surface area contributed by atoms with E-state index in [2.05, 4.69) is 4.98 Å². The summed E-state index contributed by atoms with van der Waals surface area (Å²) in [6.07, 6.45) is 1.28. The lowest BCUT2D eigenvalue weighted by Crippen LogP contribution is -2.26. The number of hydrogen-bond acceptors (Lipinski definition) is 3. The van der Waals surface area contributed by atoms with Crippen LogP contribution in [0.3, 0.4) is 0 Å². The number of nitrogens with zero attached hydrogens (tertiary/aromatic N) is 2. The molecule has 0 aliphatic heterocycles. The molecule has 0 radical (unpaired) electrons. The van der Waals surface area contributed by atoms with Gasteiger partial charge in [0, 0.05) is 18.9 Å². The van der Waals surface area contributed by atoms with E-state index in [1.165, 1.54) is 23.2 Å². The van der Waals surface area contributed by atoms with E-state index < -0.39 is 5.97 Å². The highest BCUT2D eigenvalue weighted by Gasteiger charge is 2.15. The number of benzene rings is 1. The van der Waals surface area contributed by atoms with Gasteiger partial charge in [0.25, 0.3) is 5.91 Å². The van der Waals surface area contributed by atoms with Crippen molar-refractivity contribution < 1.29 is 14.7 Å². The summed E-state index contributed by atoms with van der Waals surface area (Å²) in [6, 6.07) is 8.67. The van der Waals surface area contributed by atoms with E-state index in [4.69, 9.17) is 5.11 Å². The van der Waals surface area contributed by atoms with Gasteiger partial charge in [-0.2, -0.15) is 0 Å². The molecule has 5 nitrogen and oxygen atoms in total. The zero-order chi connectivity index (χ0) is 15.6. The second-order valence-corrected chi connectivity index (χ2v) is 4.95. The molecule has 108 valence electrons. The van der Waals surface area contributed by atoms with Crippen LogP contribution in [-0.2, 0) is 0 Å². The van der Waals surface area contributed by atoms with Crippen molar-refractivity contribution >= 4 is 17.6 Å². The van der Waals surface area contributed by atoms with Crippen LogP contribution in [0.25, 0.3) is 0 Å². The fourth-order valence-corrected chi connectivity index (χ4v) is 2.10. The number of carbonyl (C=O) groups is 2. The molecule has 0 aliphatic rings. The molecule has 1 aromatic heterocycles. The summed E-state index contributed by atoms with van der Waals surface area (Å²) < 4.78 is 0. The zero-order valence-corrected chi connectivity index (χ0v) is 12.1. The van der Waals surface area contributed by atoms with Crippen LogP contribution in [0.1, 0.15) is 32.0 Å². The Morgan fingerprint density at radius 3 is 2.19 bits per heavy atom. The molecule has 0 unspecified atom stereocenters. The molecule has 1 amide bonds. The number of pyridine rings is 1. The molecule has 2 rings (SSSR count). The third kappa shape index (κ3) is 3.25. The number of carboxylic acids is 1. The quantitative estimate of drug-likeness (QED) is 0.940. The summed E-state index contributed by atoms with van der Waals surface area (Å²) in [5, 5.41) is 8.80. The number of aromatic carboxylic acids is 1. The van der Waals surface area contributed by atoms with Gasteiger partial charge in [-0.15, -0.1) is 0 Å². The van der Waals surface area contributed by atoms with Gasteiger partial charge in [-0.3, -0.25) is 4.79 Å². The Morgan fingerprint density at radius 1 is 1.10 bits per heavy atom. The van der Waals surface area contributed by atoms with E-state index in [1.807, 2.05) is 32.0 Å². The van der Waals surface area contributed by atoms with Crippen molar-refractivity contribution in [3.63, 3.8) is 0 Å². The van der Waals surface area contributed by atoms with Gasteiger partial charge in [-0.1, -0.05) is 6.07 Å². The number of rotatable bonds is 3. The Labute approximate surface area is 122 Å². The minimum atomic E-state index is -1.11. The molecule has 1 heterocycles. The summed E-state index contributed by atoms with van der Waals surface area (Å²) >= 11 is 0. The fourth-order valence-electron chi connectivity index (χ4n) is 2.10. The molecule has 5 heteroatoms. The van der Waals surface area contributed by atoms with Gasteiger partial charge in [-0.05, 0) is 49.2 Å². The van der Waals surface area contributed by atoms with Gasteiger partial charge in [0.2, 0.25) is 0 Å². The van der Waals surface area contributed by atoms with E-state index in [0.717, 1.165) is 16.8 Å². The molecule has 0 fully saturated rings. The largest absolute Gasteiger partial charge is 0.477 e. The molecule has 0 atom stereocenters. The SMILES string of the molecule is Cc1cc(C)cc(N(C)C(=O)c2ccc(C(=O)O)nc2)c1. The normalized spacial score (nSPS) is 10.2. The average Bonchev–Trinajstić information content (AvgIpc) is 2.44. The molecule has 2 aromatic rings. The van der Waals surface area contributed by atoms with Crippen LogP contribution in [0.15, 0.2) is 36.5 Å². The Balaban J connectivity index is 2.28. The van der Waals surface area contributed by atoms with Crippen molar-refractivity contribution in [2.75, 3.05) is 11.9 Å². The number of anilines is 1. The Hall–Kier alpha value is -2.69. The smallest absolute Gasteiger partial charge is 0.354 e. The van der Waals surface area contributed by atoms with Gasteiger partial charge >= 0.3 is 5.97 Å². The third-order valence-electron chi connectivity index (χ3n) is 3.13. The van der Waals surface area contributed by atoms with Crippen LogP contribution in [0.2, 0.25) is 0 Å². The Kier molecular flexibility index (Phi) is 4.03. The van der Waals surface area contributed by atoms with Crippen molar-refractivity contribution in [3.8, 4) is 0 Å². The fraction of sp³-hybridized carbons (Fsp3) is 0.188. The number of carbonyl (C=O) groups excluding carboxylic acids is 1. The van der Waals surface area contributed by atoms with Crippen LogP contribution >= 0.6 is 0 Å². The summed E-state index contributed by atoms with van der Waals surface area (Å²) in [5.74, 6) is -1.35. The molecular weight excluding hydrogens is 268 g/mol. The molecule has 1 N–H and O–H groups in total. The van der Waals surface area contributed by atoms with Crippen molar-refractivity contribution in [1.29, 1.82) is 0 Å². The van der Waals surface area contributed by atoms with E-state index in [1.54, 1.807) is 7.05 Å². The maximum absolute atomic E-state index is 12.4. The predicted octanol–water partition coefficient (Wildman–Crippen LogP) is 2.67. The van der Waals surface area contributed by atoms with Crippen molar-refractivity contribution in [3.05, 3.63) is 58.9 Å². The maximum atomic E-state index is 12.4.